The van der Waals surface area contributed by atoms with E-state index in [0.717, 1.165) is 12.8 Å². The minimum absolute atomic E-state index is 0.0239. The number of rotatable bonds is 10. The summed E-state index contributed by atoms with van der Waals surface area (Å²) in [5.41, 5.74) is 0.420. The second-order valence-electron chi connectivity index (χ2n) is 5.58. The SMILES string of the molecule is CCCCS(=O)CC(COC(C)C)OC(=O)c1ccc(Cl)cc1. The van der Waals surface area contributed by atoms with E-state index in [1.165, 1.54) is 0 Å². The van der Waals surface area contributed by atoms with Crippen LogP contribution in [-0.2, 0) is 20.3 Å². The smallest absolute Gasteiger partial charge is 0.338 e. The number of hydrogen-bond acceptors (Lipinski definition) is 4. The van der Waals surface area contributed by atoms with Crippen LogP contribution in [0, 0.1) is 0 Å². The van der Waals surface area contributed by atoms with E-state index in [2.05, 4.69) is 6.92 Å². The zero-order chi connectivity index (χ0) is 17.2. The number of carbonyl (C=O) groups excluding carboxylic acids is 1. The summed E-state index contributed by atoms with van der Waals surface area (Å²) in [4.78, 5) is 12.2. The third-order valence-electron chi connectivity index (χ3n) is 3.07. The van der Waals surface area contributed by atoms with Crippen molar-refractivity contribution < 1.29 is 18.5 Å². The van der Waals surface area contributed by atoms with Crippen molar-refractivity contribution in [1.82, 2.24) is 0 Å². The highest BCUT2D eigenvalue weighted by Gasteiger charge is 2.19. The van der Waals surface area contributed by atoms with E-state index in [1.807, 2.05) is 13.8 Å². The fourth-order valence-electron chi connectivity index (χ4n) is 1.82. The van der Waals surface area contributed by atoms with Gasteiger partial charge >= 0.3 is 5.97 Å². The van der Waals surface area contributed by atoms with Crippen molar-refractivity contribution in [3.05, 3.63) is 34.9 Å². The van der Waals surface area contributed by atoms with Gasteiger partial charge in [-0.05, 0) is 44.5 Å². The summed E-state index contributed by atoms with van der Waals surface area (Å²) >= 11 is 5.81. The molecule has 0 saturated heterocycles. The lowest BCUT2D eigenvalue weighted by atomic mass is 10.2. The van der Waals surface area contributed by atoms with Gasteiger partial charge in [0.05, 0.1) is 24.0 Å². The van der Waals surface area contributed by atoms with Crippen LogP contribution in [-0.4, -0.2) is 40.5 Å². The molecule has 23 heavy (non-hydrogen) atoms. The number of benzene rings is 1. The lowest BCUT2D eigenvalue weighted by Gasteiger charge is -2.19. The molecule has 130 valence electrons. The van der Waals surface area contributed by atoms with E-state index in [-0.39, 0.29) is 12.7 Å². The predicted octanol–water partition coefficient (Wildman–Crippen LogP) is 3.84. The molecule has 0 radical (unpaired) electrons. The van der Waals surface area contributed by atoms with Gasteiger partial charge in [-0.15, -0.1) is 0 Å². The van der Waals surface area contributed by atoms with Crippen LogP contribution in [0.25, 0.3) is 0 Å². The molecule has 2 unspecified atom stereocenters. The van der Waals surface area contributed by atoms with Crippen LogP contribution in [0.4, 0.5) is 0 Å². The summed E-state index contributed by atoms with van der Waals surface area (Å²) < 4.78 is 23.1. The third-order valence-corrected chi connectivity index (χ3v) is 4.81. The fourth-order valence-corrected chi connectivity index (χ4v) is 3.30. The molecule has 1 aromatic rings. The summed E-state index contributed by atoms with van der Waals surface area (Å²) in [6.45, 7) is 6.12. The summed E-state index contributed by atoms with van der Waals surface area (Å²) in [6, 6.07) is 6.49. The molecule has 1 aromatic carbocycles. The molecule has 0 aliphatic rings. The van der Waals surface area contributed by atoms with Crippen LogP contribution in [0.2, 0.25) is 5.02 Å². The quantitative estimate of drug-likeness (QED) is 0.595. The number of hydrogen-bond donors (Lipinski definition) is 0. The number of unbranched alkanes of at least 4 members (excludes halogenated alkanes) is 1. The average Bonchev–Trinajstić information content (AvgIpc) is 2.51. The molecular formula is C17H25ClO4S. The van der Waals surface area contributed by atoms with Gasteiger partial charge in [-0.2, -0.15) is 0 Å². The van der Waals surface area contributed by atoms with E-state index in [4.69, 9.17) is 21.1 Å². The highest BCUT2D eigenvalue weighted by atomic mass is 35.5. The van der Waals surface area contributed by atoms with Gasteiger partial charge in [0.2, 0.25) is 0 Å². The van der Waals surface area contributed by atoms with Crippen LogP contribution >= 0.6 is 11.6 Å². The molecule has 4 nitrogen and oxygen atoms in total. The lowest BCUT2D eigenvalue weighted by molar-refractivity contribution is -0.0121. The number of carbonyl (C=O) groups is 1. The van der Waals surface area contributed by atoms with Gasteiger partial charge in [0, 0.05) is 21.6 Å². The number of halogens is 1. The Morgan fingerprint density at radius 1 is 1.26 bits per heavy atom. The molecule has 0 saturated carbocycles. The second-order valence-corrected chi connectivity index (χ2v) is 7.64. The molecule has 0 spiro atoms. The Kier molecular flexibility index (Phi) is 9.44. The molecule has 0 fully saturated rings. The van der Waals surface area contributed by atoms with Crippen LogP contribution < -0.4 is 0 Å². The predicted molar refractivity (Wildman–Crippen MR) is 94.5 cm³/mol. The Morgan fingerprint density at radius 3 is 2.48 bits per heavy atom. The molecule has 0 aliphatic heterocycles. The van der Waals surface area contributed by atoms with E-state index >= 15 is 0 Å². The van der Waals surface area contributed by atoms with Crippen LogP contribution in [0.1, 0.15) is 44.0 Å². The fraction of sp³-hybridized carbons (Fsp3) is 0.588. The molecule has 2 atom stereocenters. The standard InChI is InChI=1S/C17H25ClO4S/c1-4-5-10-23(20)12-16(11-21-13(2)3)22-17(19)14-6-8-15(18)9-7-14/h6-9,13,16H,4-5,10-12H2,1-3H3. The van der Waals surface area contributed by atoms with Gasteiger partial charge in [0.15, 0.2) is 0 Å². The average molecular weight is 361 g/mol. The number of ether oxygens (including phenoxy) is 2. The largest absolute Gasteiger partial charge is 0.455 e. The topological polar surface area (TPSA) is 52.6 Å². The van der Waals surface area contributed by atoms with Crippen molar-refractivity contribution in [1.29, 1.82) is 0 Å². The van der Waals surface area contributed by atoms with Crippen molar-refractivity contribution in [3.63, 3.8) is 0 Å². The van der Waals surface area contributed by atoms with Crippen molar-refractivity contribution in [2.45, 2.75) is 45.8 Å². The zero-order valence-corrected chi connectivity index (χ0v) is 15.5. The summed E-state index contributed by atoms with van der Waals surface area (Å²) in [5.74, 6) is 0.464. The van der Waals surface area contributed by atoms with Gasteiger partial charge in [-0.1, -0.05) is 24.9 Å². The Balaban J connectivity index is 2.64. The minimum atomic E-state index is -1.02. The van der Waals surface area contributed by atoms with Crippen molar-refractivity contribution in [2.75, 3.05) is 18.1 Å². The Morgan fingerprint density at radius 2 is 1.91 bits per heavy atom. The Hall–Kier alpha value is -0.910. The Bertz CT molecular complexity index is 502. The molecule has 0 bridgehead atoms. The highest BCUT2D eigenvalue weighted by Crippen LogP contribution is 2.12. The monoisotopic (exact) mass is 360 g/mol. The van der Waals surface area contributed by atoms with Gasteiger partial charge in [-0.25, -0.2) is 4.79 Å². The third kappa shape index (κ3) is 8.49. The maximum atomic E-state index is 12.2. The molecule has 0 aliphatic carbocycles. The molecule has 0 aromatic heterocycles. The maximum Gasteiger partial charge on any atom is 0.338 e. The summed E-state index contributed by atoms with van der Waals surface area (Å²) in [5, 5.41) is 0.557. The van der Waals surface area contributed by atoms with Crippen molar-refractivity contribution >= 4 is 28.4 Å². The molecule has 6 heteroatoms. The molecule has 1 rings (SSSR count). The zero-order valence-electron chi connectivity index (χ0n) is 13.9. The van der Waals surface area contributed by atoms with Gasteiger partial charge in [-0.3, -0.25) is 4.21 Å². The van der Waals surface area contributed by atoms with Crippen molar-refractivity contribution in [2.24, 2.45) is 0 Å². The van der Waals surface area contributed by atoms with Crippen LogP contribution in [0.5, 0.6) is 0 Å². The van der Waals surface area contributed by atoms with Crippen LogP contribution in [0.3, 0.4) is 0 Å². The van der Waals surface area contributed by atoms with E-state index in [0.29, 0.717) is 22.1 Å². The summed E-state index contributed by atoms with van der Waals surface area (Å²) in [6.07, 6.45) is 1.40. The lowest BCUT2D eigenvalue weighted by Crippen LogP contribution is -2.31. The van der Waals surface area contributed by atoms with Crippen molar-refractivity contribution in [3.8, 4) is 0 Å². The minimum Gasteiger partial charge on any atom is -0.455 e. The van der Waals surface area contributed by atoms with Crippen LogP contribution in [0.15, 0.2) is 24.3 Å². The molecule has 0 heterocycles. The molecular weight excluding hydrogens is 336 g/mol. The first-order valence-electron chi connectivity index (χ1n) is 7.85. The molecule has 0 N–H and O–H groups in total. The van der Waals surface area contributed by atoms with Gasteiger partial charge < -0.3 is 9.47 Å². The second kappa shape index (κ2) is 10.8. The van der Waals surface area contributed by atoms with Gasteiger partial charge in [0.25, 0.3) is 0 Å². The first-order chi connectivity index (χ1) is 10.9. The van der Waals surface area contributed by atoms with E-state index < -0.39 is 22.9 Å². The first-order valence-corrected chi connectivity index (χ1v) is 9.72. The molecule has 0 amide bonds. The van der Waals surface area contributed by atoms with E-state index in [1.54, 1.807) is 24.3 Å². The number of esters is 1. The Labute approximate surface area is 146 Å². The normalized spacial score (nSPS) is 13.8. The maximum absolute atomic E-state index is 12.2. The summed E-state index contributed by atoms with van der Waals surface area (Å²) in [7, 11) is -1.02. The van der Waals surface area contributed by atoms with Gasteiger partial charge in [0.1, 0.15) is 6.10 Å². The highest BCUT2D eigenvalue weighted by molar-refractivity contribution is 7.85. The first kappa shape index (κ1) is 20.1. The van der Waals surface area contributed by atoms with E-state index in [9.17, 15) is 9.00 Å².